The molecule has 0 amide bonds. The Kier molecular flexibility index (Phi) is 4.09. The molecule has 5 nitrogen and oxygen atoms in total. The predicted molar refractivity (Wildman–Crippen MR) is 99.5 cm³/mol. The smallest absolute Gasteiger partial charge is 0.244 e. The Hall–Kier alpha value is -3.30. The molecule has 2 heterocycles. The van der Waals surface area contributed by atoms with Crippen molar-refractivity contribution in [3.05, 3.63) is 81.5 Å². The summed E-state index contributed by atoms with van der Waals surface area (Å²) < 4.78 is 20.3. The standard InChI is InChI=1S/C20H14ClFN4O/c1-10-5-7-11(8-6-10)18-17-15(16-13(21)3-2-4-14(16)22)12(9-23)19(24)27-20(17)26-25-18/h2-8,15H,24H2,1H3,(H,25,26)/t15-/m0/s1. The number of H-pyrrole nitrogens is 1. The van der Waals surface area contributed by atoms with E-state index in [4.69, 9.17) is 22.1 Å². The summed E-state index contributed by atoms with van der Waals surface area (Å²) in [5.41, 5.74) is 9.24. The zero-order valence-corrected chi connectivity index (χ0v) is 15.0. The van der Waals surface area contributed by atoms with Crippen LogP contribution in [0.5, 0.6) is 5.88 Å². The third-order valence-electron chi connectivity index (χ3n) is 4.57. The molecule has 0 unspecified atom stereocenters. The van der Waals surface area contributed by atoms with E-state index in [9.17, 15) is 9.65 Å². The van der Waals surface area contributed by atoms with Crippen molar-refractivity contribution in [2.45, 2.75) is 12.8 Å². The number of nitrogens with one attached hydrogen (secondary N) is 1. The van der Waals surface area contributed by atoms with Crippen LogP contribution in [-0.4, -0.2) is 10.2 Å². The summed E-state index contributed by atoms with van der Waals surface area (Å²) in [6.07, 6.45) is 0. The van der Waals surface area contributed by atoms with Crippen molar-refractivity contribution in [2.75, 3.05) is 0 Å². The molecule has 7 heteroatoms. The van der Waals surface area contributed by atoms with Crippen LogP contribution in [0.2, 0.25) is 5.02 Å². The Balaban J connectivity index is 2.00. The van der Waals surface area contributed by atoms with Gasteiger partial charge in [-0.2, -0.15) is 5.26 Å². The number of halogens is 2. The van der Waals surface area contributed by atoms with E-state index in [1.807, 2.05) is 37.3 Å². The van der Waals surface area contributed by atoms with Crippen LogP contribution < -0.4 is 10.5 Å². The average molecular weight is 381 g/mol. The first-order valence-corrected chi connectivity index (χ1v) is 8.56. The molecule has 0 bridgehead atoms. The van der Waals surface area contributed by atoms with Gasteiger partial charge in [-0.05, 0) is 19.1 Å². The topological polar surface area (TPSA) is 87.7 Å². The molecular formula is C20H14ClFN4O. The molecule has 0 aliphatic carbocycles. The van der Waals surface area contributed by atoms with Crippen LogP contribution >= 0.6 is 11.6 Å². The van der Waals surface area contributed by atoms with Crippen molar-refractivity contribution in [1.82, 2.24) is 10.2 Å². The Morgan fingerprint density at radius 2 is 1.96 bits per heavy atom. The van der Waals surface area contributed by atoms with Crippen molar-refractivity contribution in [1.29, 1.82) is 5.26 Å². The van der Waals surface area contributed by atoms with E-state index in [-0.39, 0.29) is 27.9 Å². The minimum absolute atomic E-state index is 0.0873. The normalized spacial score (nSPS) is 15.9. The Morgan fingerprint density at radius 3 is 2.63 bits per heavy atom. The zero-order chi connectivity index (χ0) is 19.1. The van der Waals surface area contributed by atoms with E-state index in [0.29, 0.717) is 11.3 Å². The van der Waals surface area contributed by atoms with E-state index < -0.39 is 11.7 Å². The molecule has 27 heavy (non-hydrogen) atoms. The number of hydrogen-bond acceptors (Lipinski definition) is 4. The number of nitriles is 1. The lowest BCUT2D eigenvalue weighted by Crippen LogP contribution is -2.21. The van der Waals surface area contributed by atoms with Crippen molar-refractivity contribution >= 4 is 11.6 Å². The van der Waals surface area contributed by atoms with Gasteiger partial charge in [-0.25, -0.2) is 4.39 Å². The Morgan fingerprint density at radius 1 is 1.22 bits per heavy atom. The molecule has 0 spiro atoms. The summed E-state index contributed by atoms with van der Waals surface area (Å²) in [7, 11) is 0. The minimum atomic E-state index is -0.831. The molecule has 0 saturated heterocycles. The van der Waals surface area contributed by atoms with Crippen LogP contribution in [0.4, 0.5) is 4.39 Å². The van der Waals surface area contributed by atoms with Gasteiger partial charge >= 0.3 is 0 Å². The third-order valence-corrected chi connectivity index (χ3v) is 4.90. The van der Waals surface area contributed by atoms with Crippen LogP contribution in [0.15, 0.2) is 53.9 Å². The summed E-state index contributed by atoms with van der Waals surface area (Å²) >= 11 is 6.30. The first-order chi connectivity index (χ1) is 13.0. The Bertz CT molecular complexity index is 1090. The number of allylic oxidation sites excluding steroid dienone is 1. The zero-order valence-electron chi connectivity index (χ0n) is 14.3. The highest BCUT2D eigenvalue weighted by Gasteiger charge is 2.38. The molecule has 0 radical (unpaired) electrons. The number of aryl methyl sites for hydroxylation is 1. The van der Waals surface area contributed by atoms with Crippen LogP contribution in [0.25, 0.3) is 11.3 Å². The van der Waals surface area contributed by atoms with Gasteiger partial charge < -0.3 is 10.5 Å². The Labute approximate surface area is 159 Å². The monoisotopic (exact) mass is 380 g/mol. The van der Waals surface area contributed by atoms with Crippen LogP contribution in [0.1, 0.15) is 22.6 Å². The van der Waals surface area contributed by atoms with Gasteiger partial charge in [-0.3, -0.25) is 5.10 Å². The lowest BCUT2D eigenvalue weighted by atomic mass is 9.82. The molecule has 0 saturated carbocycles. The molecule has 0 fully saturated rings. The molecule has 3 N–H and O–H groups in total. The molecule has 1 aliphatic rings. The van der Waals surface area contributed by atoms with Crippen LogP contribution in [0, 0.1) is 24.1 Å². The molecule has 1 aromatic heterocycles. The summed E-state index contributed by atoms with van der Waals surface area (Å²) in [4.78, 5) is 0. The lowest BCUT2D eigenvalue weighted by Gasteiger charge is -2.25. The number of benzene rings is 2. The summed E-state index contributed by atoms with van der Waals surface area (Å²) in [5, 5.41) is 17.0. The fraction of sp³-hybridized carbons (Fsp3) is 0.100. The van der Waals surface area contributed by atoms with Crippen LogP contribution in [0.3, 0.4) is 0 Å². The van der Waals surface area contributed by atoms with Crippen molar-refractivity contribution < 1.29 is 9.13 Å². The lowest BCUT2D eigenvalue weighted by molar-refractivity contribution is 0.378. The minimum Gasteiger partial charge on any atom is -0.420 e. The molecule has 1 aliphatic heterocycles. The number of nitrogens with zero attached hydrogens (tertiary/aromatic N) is 2. The number of rotatable bonds is 2. The van der Waals surface area contributed by atoms with E-state index in [0.717, 1.165) is 11.1 Å². The van der Waals surface area contributed by atoms with Crippen molar-refractivity contribution in [3.8, 4) is 23.2 Å². The van der Waals surface area contributed by atoms with Gasteiger partial charge in [0.25, 0.3) is 0 Å². The molecule has 2 aromatic carbocycles. The van der Waals surface area contributed by atoms with Crippen molar-refractivity contribution in [2.24, 2.45) is 5.73 Å². The van der Waals surface area contributed by atoms with Gasteiger partial charge in [-0.1, -0.05) is 47.5 Å². The SMILES string of the molecule is Cc1ccc(-c2[nH]nc3c2[C@H](c2c(F)cccc2Cl)C(C#N)=C(N)O3)cc1. The quantitative estimate of drug-likeness (QED) is 0.689. The molecule has 3 aromatic rings. The maximum Gasteiger partial charge on any atom is 0.244 e. The second kappa shape index (κ2) is 6.45. The number of hydrogen-bond donors (Lipinski definition) is 2. The summed E-state index contributed by atoms with van der Waals surface area (Å²) in [6, 6.07) is 14.2. The average Bonchev–Trinajstić information content (AvgIpc) is 3.05. The fourth-order valence-electron chi connectivity index (χ4n) is 3.26. The van der Waals surface area contributed by atoms with Crippen molar-refractivity contribution in [3.63, 3.8) is 0 Å². The number of fused-ring (bicyclic) bond motifs is 1. The molecular weight excluding hydrogens is 367 g/mol. The first kappa shape index (κ1) is 17.1. The summed E-state index contributed by atoms with van der Waals surface area (Å²) in [6.45, 7) is 1.98. The second-order valence-electron chi connectivity index (χ2n) is 6.24. The molecule has 134 valence electrons. The number of ether oxygens (including phenoxy) is 1. The van der Waals surface area contributed by atoms with E-state index in [1.54, 1.807) is 6.07 Å². The van der Waals surface area contributed by atoms with Gasteiger partial charge in [0.2, 0.25) is 11.8 Å². The molecule has 1 atom stereocenters. The second-order valence-corrected chi connectivity index (χ2v) is 6.65. The highest BCUT2D eigenvalue weighted by molar-refractivity contribution is 6.31. The van der Waals surface area contributed by atoms with Gasteiger partial charge in [0.15, 0.2) is 0 Å². The number of nitrogens with two attached hydrogens (primary N) is 1. The number of aromatic amines is 1. The maximum atomic E-state index is 14.7. The van der Waals surface area contributed by atoms with Gasteiger partial charge in [-0.15, -0.1) is 5.10 Å². The largest absolute Gasteiger partial charge is 0.420 e. The maximum absolute atomic E-state index is 14.7. The van der Waals surface area contributed by atoms with Gasteiger partial charge in [0, 0.05) is 16.1 Å². The van der Waals surface area contributed by atoms with Crippen LogP contribution in [-0.2, 0) is 0 Å². The van der Waals surface area contributed by atoms with Gasteiger partial charge in [0.1, 0.15) is 17.5 Å². The van der Waals surface area contributed by atoms with E-state index in [2.05, 4.69) is 10.2 Å². The fourth-order valence-corrected chi connectivity index (χ4v) is 3.53. The van der Waals surface area contributed by atoms with Gasteiger partial charge in [0.05, 0.1) is 17.2 Å². The first-order valence-electron chi connectivity index (χ1n) is 8.18. The number of aromatic nitrogens is 2. The van der Waals surface area contributed by atoms with E-state index in [1.165, 1.54) is 12.1 Å². The highest BCUT2D eigenvalue weighted by Crippen LogP contribution is 2.47. The molecule has 4 rings (SSSR count). The predicted octanol–water partition coefficient (Wildman–Crippen LogP) is 4.40. The third kappa shape index (κ3) is 2.73. The summed E-state index contributed by atoms with van der Waals surface area (Å²) in [5.74, 6) is -1.28. The van der Waals surface area contributed by atoms with E-state index >= 15 is 0 Å². The highest BCUT2D eigenvalue weighted by atomic mass is 35.5.